The smallest absolute Gasteiger partial charge is 0.407 e. The van der Waals surface area contributed by atoms with Gasteiger partial charge in [0.15, 0.2) is 0 Å². The van der Waals surface area contributed by atoms with Crippen LogP contribution in [-0.2, 0) is 23.1 Å². The van der Waals surface area contributed by atoms with E-state index in [9.17, 15) is 18.3 Å². The largest absolute Gasteiger partial charge is 0.465 e. The lowest BCUT2D eigenvalue weighted by Gasteiger charge is -2.34. The Morgan fingerprint density at radius 1 is 1.11 bits per heavy atom. The predicted molar refractivity (Wildman–Crippen MR) is 154 cm³/mol. The fourth-order valence-corrected chi connectivity index (χ4v) is 7.05. The number of hydrogen-bond acceptors (Lipinski definition) is 4. The van der Waals surface area contributed by atoms with Crippen molar-refractivity contribution < 1.29 is 18.3 Å². The van der Waals surface area contributed by atoms with Crippen LogP contribution in [0.2, 0.25) is 5.02 Å². The number of benzene rings is 2. The van der Waals surface area contributed by atoms with Gasteiger partial charge in [0.1, 0.15) is 0 Å². The molecule has 38 heavy (non-hydrogen) atoms. The summed E-state index contributed by atoms with van der Waals surface area (Å²) >= 11 is 9.88. The van der Waals surface area contributed by atoms with E-state index in [0.29, 0.717) is 52.2 Å². The minimum Gasteiger partial charge on any atom is -0.465 e. The fraction of sp³-hybridized carbons (Fsp3) is 0.444. The van der Waals surface area contributed by atoms with Gasteiger partial charge in [-0.15, -0.1) is 0 Å². The lowest BCUT2D eigenvalue weighted by Crippen LogP contribution is -2.48. The number of nitrogens with zero attached hydrogens (tertiary/aromatic N) is 4. The van der Waals surface area contributed by atoms with Crippen molar-refractivity contribution in [1.82, 2.24) is 18.7 Å². The van der Waals surface area contributed by atoms with Gasteiger partial charge in [-0.3, -0.25) is 4.90 Å². The first-order chi connectivity index (χ1) is 17.9. The van der Waals surface area contributed by atoms with Crippen molar-refractivity contribution in [2.75, 3.05) is 32.7 Å². The van der Waals surface area contributed by atoms with E-state index in [0.717, 1.165) is 26.0 Å². The van der Waals surface area contributed by atoms with Crippen LogP contribution in [0, 0.1) is 0 Å². The van der Waals surface area contributed by atoms with Gasteiger partial charge in [-0.2, -0.15) is 4.31 Å². The molecule has 0 saturated carbocycles. The van der Waals surface area contributed by atoms with Crippen molar-refractivity contribution in [3.8, 4) is 0 Å². The first-order valence-corrected chi connectivity index (χ1v) is 15.2. The van der Waals surface area contributed by atoms with Crippen LogP contribution in [0.1, 0.15) is 32.8 Å². The van der Waals surface area contributed by atoms with Crippen molar-refractivity contribution in [3.05, 3.63) is 63.7 Å². The topological polar surface area (TPSA) is 86.1 Å². The molecule has 1 N–H and O–H groups in total. The van der Waals surface area contributed by atoms with Crippen LogP contribution in [0.15, 0.2) is 58.0 Å². The number of halogens is 2. The van der Waals surface area contributed by atoms with Gasteiger partial charge in [-0.1, -0.05) is 29.8 Å². The van der Waals surface area contributed by atoms with E-state index < -0.39 is 21.7 Å². The molecule has 0 atom stereocenters. The quantitative estimate of drug-likeness (QED) is 0.346. The average Bonchev–Trinajstić information content (AvgIpc) is 3.17. The molecular formula is C27H34BrClN4O4S. The summed E-state index contributed by atoms with van der Waals surface area (Å²) in [6.07, 6.45) is 1.63. The van der Waals surface area contributed by atoms with Crippen LogP contribution in [0.3, 0.4) is 0 Å². The number of carboxylic acid groups (broad SMARTS) is 1. The molecule has 0 radical (unpaired) electrons. The van der Waals surface area contributed by atoms with Crippen LogP contribution < -0.4 is 0 Å². The Morgan fingerprint density at radius 2 is 1.79 bits per heavy atom. The second-order valence-corrected chi connectivity index (χ2v) is 13.8. The van der Waals surface area contributed by atoms with E-state index in [4.69, 9.17) is 11.6 Å². The Morgan fingerprint density at radius 3 is 2.42 bits per heavy atom. The Labute approximate surface area is 237 Å². The van der Waals surface area contributed by atoms with Crippen molar-refractivity contribution in [2.24, 2.45) is 0 Å². The van der Waals surface area contributed by atoms with Gasteiger partial charge < -0.3 is 14.6 Å². The van der Waals surface area contributed by atoms with E-state index in [-0.39, 0.29) is 4.90 Å². The third-order valence-electron chi connectivity index (χ3n) is 6.95. The molecule has 1 saturated heterocycles. The molecule has 1 fully saturated rings. The van der Waals surface area contributed by atoms with E-state index in [1.807, 2.05) is 61.9 Å². The molecule has 1 aromatic heterocycles. The lowest BCUT2D eigenvalue weighted by atomic mass is 10.1. The fourth-order valence-electron chi connectivity index (χ4n) is 4.84. The summed E-state index contributed by atoms with van der Waals surface area (Å²) in [6.45, 7) is 9.45. The molecule has 206 valence electrons. The highest BCUT2D eigenvalue weighted by Crippen LogP contribution is 2.30. The summed E-state index contributed by atoms with van der Waals surface area (Å²) in [6, 6.07) is 12.9. The second kappa shape index (κ2) is 11.6. The zero-order valence-electron chi connectivity index (χ0n) is 21.9. The molecule has 1 aliphatic rings. The number of fused-ring (bicyclic) bond motifs is 1. The van der Waals surface area contributed by atoms with Gasteiger partial charge in [0.05, 0.1) is 4.90 Å². The molecule has 0 aliphatic carbocycles. The number of aryl methyl sites for hydroxylation is 1. The summed E-state index contributed by atoms with van der Waals surface area (Å²) in [5.41, 5.74) is 1.46. The van der Waals surface area contributed by atoms with Crippen LogP contribution in [0.4, 0.5) is 4.79 Å². The number of hydrogen-bond donors (Lipinski definition) is 1. The number of amides is 1. The van der Waals surface area contributed by atoms with Crippen molar-refractivity contribution in [1.29, 1.82) is 0 Å². The molecule has 2 aromatic carbocycles. The van der Waals surface area contributed by atoms with Crippen molar-refractivity contribution >= 4 is 54.6 Å². The molecule has 3 aromatic rings. The van der Waals surface area contributed by atoms with Gasteiger partial charge in [0, 0.05) is 77.9 Å². The molecule has 1 amide bonds. The first-order valence-electron chi connectivity index (χ1n) is 12.6. The zero-order valence-corrected chi connectivity index (χ0v) is 25.1. The van der Waals surface area contributed by atoms with Gasteiger partial charge in [0.2, 0.25) is 10.0 Å². The summed E-state index contributed by atoms with van der Waals surface area (Å²) in [7, 11) is -3.64. The first kappa shape index (κ1) is 28.9. The van der Waals surface area contributed by atoms with Gasteiger partial charge in [0.25, 0.3) is 0 Å². The van der Waals surface area contributed by atoms with Crippen LogP contribution >= 0.6 is 27.5 Å². The van der Waals surface area contributed by atoms with Crippen LogP contribution in [0.25, 0.3) is 10.9 Å². The van der Waals surface area contributed by atoms with Gasteiger partial charge in [-0.25, -0.2) is 13.2 Å². The summed E-state index contributed by atoms with van der Waals surface area (Å²) < 4.78 is 31.3. The molecular weight excluding hydrogens is 592 g/mol. The van der Waals surface area contributed by atoms with E-state index in [2.05, 4.69) is 20.8 Å². The summed E-state index contributed by atoms with van der Waals surface area (Å²) in [5, 5.41) is 11.1. The predicted octanol–water partition coefficient (Wildman–Crippen LogP) is 5.73. The second-order valence-electron chi connectivity index (χ2n) is 10.6. The van der Waals surface area contributed by atoms with Crippen LogP contribution in [-0.4, -0.2) is 76.6 Å². The molecule has 1 aliphatic heterocycles. The number of aromatic nitrogens is 1. The third-order valence-corrected chi connectivity index (χ3v) is 9.84. The Kier molecular flexibility index (Phi) is 8.78. The molecule has 0 unspecified atom stereocenters. The highest BCUT2D eigenvalue weighted by atomic mass is 79.9. The highest BCUT2D eigenvalue weighted by molar-refractivity contribution is 9.10. The molecule has 8 nitrogen and oxygen atoms in total. The van der Waals surface area contributed by atoms with Crippen LogP contribution in [0.5, 0.6) is 0 Å². The standard InChI is InChI=1S/C27H34BrClN4O4S/c1-27(2,3)33(26(34)35)12-6-11-31-19-23(28)22-17-21(9-10-25(22)31)38(36,37)32-15-13-30(14-16-32)18-20-7-4-5-8-24(20)29/h4-5,7-10,17,19H,6,11-16,18H2,1-3H3,(H,34,35). The number of rotatable bonds is 8. The Hall–Kier alpha value is -2.11. The maximum Gasteiger partial charge on any atom is 0.407 e. The number of piperazine rings is 1. The molecule has 0 bridgehead atoms. The Bertz CT molecular complexity index is 1410. The van der Waals surface area contributed by atoms with E-state index in [1.54, 1.807) is 16.4 Å². The van der Waals surface area contributed by atoms with Crippen molar-refractivity contribution in [3.63, 3.8) is 0 Å². The molecule has 4 rings (SSSR count). The van der Waals surface area contributed by atoms with E-state index in [1.165, 1.54) is 4.90 Å². The average molecular weight is 626 g/mol. The highest BCUT2D eigenvalue weighted by Gasteiger charge is 2.29. The lowest BCUT2D eigenvalue weighted by molar-refractivity contribution is 0.0987. The summed E-state index contributed by atoms with van der Waals surface area (Å²) in [5.74, 6) is 0. The maximum absolute atomic E-state index is 13.5. The van der Waals surface area contributed by atoms with Gasteiger partial charge >= 0.3 is 6.09 Å². The minimum atomic E-state index is -3.64. The normalized spacial score (nSPS) is 15.7. The van der Waals surface area contributed by atoms with E-state index >= 15 is 0 Å². The molecule has 2 heterocycles. The molecule has 0 spiro atoms. The zero-order chi connectivity index (χ0) is 27.7. The van der Waals surface area contributed by atoms with Gasteiger partial charge in [-0.05, 0) is 73.0 Å². The Balaban J connectivity index is 1.43. The number of sulfonamides is 1. The maximum atomic E-state index is 13.5. The van der Waals surface area contributed by atoms with Crippen molar-refractivity contribution in [2.45, 2.75) is 50.7 Å². The third kappa shape index (κ3) is 6.37. The monoisotopic (exact) mass is 624 g/mol. The SMILES string of the molecule is CC(C)(C)N(CCCn1cc(Br)c2cc(S(=O)(=O)N3CCN(Cc4ccccc4Cl)CC3)ccc21)C(=O)O. The number of carbonyl (C=O) groups is 1. The summed E-state index contributed by atoms with van der Waals surface area (Å²) in [4.78, 5) is 15.6. The minimum absolute atomic E-state index is 0.271. The molecule has 11 heteroatoms.